The van der Waals surface area contributed by atoms with Crippen molar-refractivity contribution >= 4 is 5.91 Å². The summed E-state index contributed by atoms with van der Waals surface area (Å²) in [4.78, 5) is 11.2. The lowest BCUT2D eigenvalue weighted by atomic mass is 10.0. The van der Waals surface area contributed by atoms with Crippen molar-refractivity contribution in [2.24, 2.45) is 0 Å². The Hall–Kier alpha value is -1.57. The van der Waals surface area contributed by atoms with Crippen LogP contribution in [-0.2, 0) is 4.79 Å². The lowest BCUT2D eigenvalue weighted by Gasteiger charge is -2.17. The predicted octanol–water partition coefficient (Wildman–Crippen LogP) is 2.83. The number of amides is 1. The van der Waals surface area contributed by atoms with Gasteiger partial charge < -0.3 is 5.32 Å². The average molecular weight is 203 g/mol. The third-order valence-corrected chi connectivity index (χ3v) is 2.28. The van der Waals surface area contributed by atoms with Crippen LogP contribution in [0.3, 0.4) is 0 Å². The molecule has 0 aliphatic carbocycles. The number of carbonyl (C=O) groups is 1. The molecule has 1 rings (SSSR count). The topological polar surface area (TPSA) is 29.1 Å². The molecule has 15 heavy (non-hydrogen) atoms. The van der Waals surface area contributed by atoms with Crippen LogP contribution in [0.5, 0.6) is 0 Å². The maximum Gasteiger partial charge on any atom is 0.243 e. The van der Waals surface area contributed by atoms with Crippen molar-refractivity contribution in [2.75, 3.05) is 0 Å². The highest BCUT2D eigenvalue weighted by atomic mass is 16.1. The van der Waals surface area contributed by atoms with Crippen molar-refractivity contribution < 1.29 is 4.79 Å². The van der Waals surface area contributed by atoms with Crippen molar-refractivity contribution in [3.63, 3.8) is 0 Å². The fourth-order valence-corrected chi connectivity index (χ4v) is 1.53. The van der Waals surface area contributed by atoms with E-state index in [0.29, 0.717) is 0 Å². The lowest BCUT2D eigenvalue weighted by Crippen LogP contribution is -2.26. The summed E-state index contributed by atoms with van der Waals surface area (Å²) in [5, 5.41) is 2.93. The van der Waals surface area contributed by atoms with Crippen molar-refractivity contribution in [1.82, 2.24) is 5.32 Å². The maximum absolute atomic E-state index is 11.2. The zero-order chi connectivity index (χ0) is 11.1. The highest BCUT2D eigenvalue weighted by molar-refractivity contribution is 5.87. The summed E-state index contributed by atoms with van der Waals surface area (Å²) < 4.78 is 0. The van der Waals surface area contributed by atoms with E-state index in [9.17, 15) is 4.79 Å². The standard InChI is InChI=1S/C13H17NO/c1-3-8-12(14-13(15)4-2)11-9-6-5-7-10-11/h4-7,9-10,12H,2-3,8H2,1H3,(H,14,15). The summed E-state index contributed by atoms with van der Waals surface area (Å²) in [6.45, 7) is 5.56. The Balaban J connectivity index is 2.74. The summed E-state index contributed by atoms with van der Waals surface area (Å²) >= 11 is 0. The molecule has 1 aromatic carbocycles. The molecule has 0 fully saturated rings. The number of hydrogen-bond acceptors (Lipinski definition) is 1. The SMILES string of the molecule is C=CC(=O)NC(CCC)c1ccccc1. The molecule has 0 aliphatic heterocycles. The Kier molecular flexibility index (Phi) is 4.61. The molecule has 0 aromatic heterocycles. The van der Waals surface area contributed by atoms with Crippen LogP contribution in [0.2, 0.25) is 0 Å². The van der Waals surface area contributed by atoms with Gasteiger partial charge in [0.25, 0.3) is 0 Å². The molecular formula is C13H17NO. The smallest absolute Gasteiger partial charge is 0.243 e. The number of benzene rings is 1. The number of carbonyl (C=O) groups excluding carboxylic acids is 1. The molecule has 0 radical (unpaired) electrons. The zero-order valence-corrected chi connectivity index (χ0v) is 9.07. The first kappa shape index (κ1) is 11.5. The molecule has 0 bridgehead atoms. The molecule has 0 spiro atoms. The molecule has 1 atom stereocenters. The summed E-state index contributed by atoms with van der Waals surface area (Å²) in [6, 6.07) is 10.1. The summed E-state index contributed by atoms with van der Waals surface area (Å²) in [6.07, 6.45) is 3.30. The molecular weight excluding hydrogens is 186 g/mol. The molecule has 0 saturated carbocycles. The Morgan fingerprint density at radius 2 is 2.13 bits per heavy atom. The fraction of sp³-hybridized carbons (Fsp3) is 0.308. The van der Waals surface area contributed by atoms with Crippen LogP contribution in [0, 0.1) is 0 Å². The Morgan fingerprint density at radius 3 is 2.67 bits per heavy atom. The molecule has 1 amide bonds. The Morgan fingerprint density at radius 1 is 1.47 bits per heavy atom. The minimum atomic E-state index is -0.114. The van der Waals surface area contributed by atoms with E-state index in [4.69, 9.17) is 0 Å². The predicted molar refractivity (Wildman–Crippen MR) is 62.4 cm³/mol. The normalized spacial score (nSPS) is 11.8. The molecule has 2 heteroatoms. The monoisotopic (exact) mass is 203 g/mol. The van der Waals surface area contributed by atoms with E-state index in [1.165, 1.54) is 6.08 Å². The fourth-order valence-electron chi connectivity index (χ4n) is 1.53. The zero-order valence-electron chi connectivity index (χ0n) is 9.07. The Labute approximate surface area is 91.0 Å². The molecule has 80 valence electrons. The van der Waals surface area contributed by atoms with E-state index in [0.717, 1.165) is 18.4 Å². The van der Waals surface area contributed by atoms with Crippen LogP contribution in [0.25, 0.3) is 0 Å². The lowest BCUT2D eigenvalue weighted by molar-refractivity contribution is -0.117. The first-order chi connectivity index (χ1) is 7.27. The molecule has 0 aliphatic rings. The van der Waals surface area contributed by atoms with Gasteiger partial charge in [-0.1, -0.05) is 50.3 Å². The molecule has 1 aromatic rings. The van der Waals surface area contributed by atoms with Gasteiger partial charge in [0.05, 0.1) is 6.04 Å². The van der Waals surface area contributed by atoms with Crippen LogP contribution >= 0.6 is 0 Å². The largest absolute Gasteiger partial charge is 0.346 e. The van der Waals surface area contributed by atoms with E-state index in [-0.39, 0.29) is 11.9 Å². The molecule has 1 N–H and O–H groups in total. The van der Waals surface area contributed by atoms with Gasteiger partial charge in [-0.25, -0.2) is 0 Å². The van der Waals surface area contributed by atoms with Crippen LogP contribution < -0.4 is 5.32 Å². The second kappa shape index (κ2) is 6.02. The minimum absolute atomic E-state index is 0.0988. The van der Waals surface area contributed by atoms with Gasteiger partial charge in [-0.15, -0.1) is 0 Å². The number of hydrogen-bond donors (Lipinski definition) is 1. The van der Waals surface area contributed by atoms with Gasteiger partial charge in [0, 0.05) is 0 Å². The van der Waals surface area contributed by atoms with E-state index in [1.807, 2.05) is 30.3 Å². The van der Waals surface area contributed by atoms with Crippen molar-refractivity contribution in [3.05, 3.63) is 48.6 Å². The van der Waals surface area contributed by atoms with E-state index < -0.39 is 0 Å². The van der Waals surface area contributed by atoms with Gasteiger partial charge in [0.15, 0.2) is 0 Å². The van der Waals surface area contributed by atoms with Crippen molar-refractivity contribution in [1.29, 1.82) is 0 Å². The highest BCUT2D eigenvalue weighted by Gasteiger charge is 2.10. The molecule has 0 saturated heterocycles. The van der Waals surface area contributed by atoms with Gasteiger partial charge in [-0.05, 0) is 18.1 Å². The van der Waals surface area contributed by atoms with Crippen molar-refractivity contribution in [3.8, 4) is 0 Å². The van der Waals surface area contributed by atoms with E-state index in [1.54, 1.807) is 0 Å². The van der Waals surface area contributed by atoms with Crippen LogP contribution in [-0.4, -0.2) is 5.91 Å². The van der Waals surface area contributed by atoms with Gasteiger partial charge in [0.2, 0.25) is 5.91 Å². The minimum Gasteiger partial charge on any atom is -0.346 e. The molecule has 0 heterocycles. The number of rotatable bonds is 5. The Bertz CT molecular complexity index is 319. The summed E-state index contributed by atoms with van der Waals surface area (Å²) in [7, 11) is 0. The maximum atomic E-state index is 11.2. The van der Waals surface area contributed by atoms with Gasteiger partial charge >= 0.3 is 0 Å². The third-order valence-electron chi connectivity index (χ3n) is 2.28. The first-order valence-corrected chi connectivity index (χ1v) is 5.25. The van der Waals surface area contributed by atoms with E-state index in [2.05, 4.69) is 18.8 Å². The average Bonchev–Trinajstić information content (AvgIpc) is 2.29. The van der Waals surface area contributed by atoms with Gasteiger partial charge in [-0.2, -0.15) is 0 Å². The van der Waals surface area contributed by atoms with E-state index >= 15 is 0 Å². The highest BCUT2D eigenvalue weighted by Crippen LogP contribution is 2.17. The van der Waals surface area contributed by atoms with Gasteiger partial charge in [-0.3, -0.25) is 4.79 Å². The second-order valence-electron chi connectivity index (χ2n) is 3.46. The van der Waals surface area contributed by atoms with Crippen LogP contribution in [0.15, 0.2) is 43.0 Å². The summed E-state index contributed by atoms with van der Waals surface area (Å²) in [5.41, 5.74) is 1.15. The van der Waals surface area contributed by atoms with Crippen LogP contribution in [0.1, 0.15) is 31.4 Å². The van der Waals surface area contributed by atoms with Gasteiger partial charge in [0.1, 0.15) is 0 Å². The van der Waals surface area contributed by atoms with Crippen molar-refractivity contribution in [2.45, 2.75) is 25.8 Å². The number of nitrogens with one attached hydrogen (secondary N) is 1. The van der Waals surface area contributed by atoms with Crippen LogP contribution in [0.4, 0.5) is 0 Å². The molecule has 2 nitrogen and oxygen atoms in total. The first-order valence-electron chi connectivity index (χ1n) is 5.25. The quantitative estimate of drug-likeness (QED) is 0.732. The molecule has 1 unspecified atom stereocenters. The second-order valence-corrected chi connectivity index (χ2v) is 3.46. The summed E-state index contributed by atoms with van der Waals surface area (Å²) in [5.74, 6) is -0.114. The third kappa shape index (κ3) is 3.58.